The van der Waals surface area contributed by atoms with Crippen LogP contribution in [0.25, 0.3) is 0 Å². The Bertz CT molecular complexity index is 416. The summed E-state index contributed by atoms with van der Waals surface area (Å²) in [6.07, 6.45) is 2.05. The monoisotopic (exact) mass is 306 g/mol. The molecule has 0 atom stereocenters. The van der Waals surface area contributed by atoms with E-state index in [4.69, 9.17) is 5.11 Å². The van der Waals surface area contributed by atoms with Crippen LogP contribution in [0.1, 0.15) is 40.0 Å². The molecule has 0 spiro atoms. The van der Waals surface area contributed by atoms with Gasteiger partial charge in [0.1, 0.15) is 0 Å². The topological polar surface area (TPSA) is 86.7 Å². The van der Waals surface area contributed by atoms with Crippen molar-refractivity contribution >= 4 is 16.0 Å². The molecule has 2 N–H and O–H groups in total. The minimum absolute atomic E-state index is 0.0218. The third kappa shape index (κ3) is 5.76. The van der Waals surface area contributed by atoms with Crippen molar-refractivity contribution < 1.29 is 18.3 Å². The minimum atomic E-state index is -3.20. The normalized spacial score (nSPS) is 23.1. The molecule has 0 aliphatic heterocycles. The lowest BCUT2D eigenvalue weighted by molar-refractivity contribution is -0.139. The van der Waals surface area contributed by atoms with Gasteiger partial charge in [-0.15, -0.1) is 0 Å². The van der Waals surface area contributed by atoms with Gasteiger partial charge in [-0.25, -0.2) is 13.1 Å². The standard InChI is InChI=1S/C13H26N2O4S/c1-4-15(9-13(16)17)12-7-11(8-12)14-20(18,19)6-5-10(2)3/h10-12,14H,4-9H2,1-3H3,(H,16,17). The zero-order chi connectivity index (χ0) is 15.3. The van der Waals surface area contributed by atoms with Crippen molar-refractivity contribution in [1.29, 1.82) is 0 Å². The van der Waals surface area contributed by atoms with Gasteiger partial charge in [0.2, 0.25) is 10.0 Å². The van der Waals surface area contributed by atoms with E-state index in [0.29, 0.717) is 31.7 Å². The van der Waals surface area contributed by atoms with Gasteiger partial charge in [-0.1, -0.05) is 20.8 Å². The van der Waals surface area contributed by atoms with Crippen molar-refractivity contribution in [2.24, 2.45) is 5.92 Å². The molecule has 1 aliphatic carbocycles. The van der Waals surface area contributed by atoms with E-state index in [0.717, 1.165) is 0 Å². The van der Waals surface area contributed by atoms with Crippen LogP contribution in [-0.2, 0) is 14.8 Å². The van der Waals surface area contributed by atoms with Crippen LogP contribution in [0.2, 0.25) is 0 Å². The third-order valence-electron chi connectivity index (χ3n) is 3.68. The maximum atomic E-state index is 11.8. The van der Waals surface area contributed by atoms with E-state index in [2.05, 4.69) is 4.72 Å². The second-order valence-electron chi connectivity index (χ2n) is 5.90. The molecule has 0 aromatic carbocycles. The van der Waals surface area contributed by atoms with E-state index in [-0.39, 0.29) is 24.4 Å². The molecule has 0 aromatic rings. The molecule has 0 heterocycles. The Hall–Kier alpha value is -0.660. The Kier molecular flexibility index (Phi) is 6.42. The number of carboxylic acids is 1. The van der Waals surface area contributed by atoms with E-state index in [1.54, 1.807) is 0 Å². The molecule has 1 rings (SSSR count). The summed E-state index contributed by atoms with van der Waals surface area (Å²) >= 11 is 0. The highest BCUT2D eigenvalue weighted by Gasteiger charge is 2.35. The van der Waals surface area contributed by atoms with E-state index in [1.165, 1.54) is 0 Å². The summed E-state index contributed by atoms with van der Waals surface area (Å²) in [6.45, 7) is 6.61. The number of hydrogen-bond donors (Lipinski definition) is 2. The van der Waals surface area contributed by atoms with Crippen LogP contribution in [0.15, 0.2) is 0 Å². The molecule has 1 aliphatic rings. The summed E-state index contributed by atoms with van der Waals surface area (Å²) < 4.78 is 26.4. The fourth-order valence-electron chi connectivity index (χ4n) is 2.36. The van der Waals surface area contributed by atoms with Crippen LogP contribution < -0.4 is 4.72 Å². The summed E-state index contributed by atoms with van der Waals surface area (Å²) in [7, 11) is -3.20. The van der Waals surface area contributed by atoms with Crippen molar-refractivity contribution in [2.75, 3.05) is 18.8 Å². The first kappa shape index (κ1) is 17.4. The Morgan fingerprint density at radius 2 is 2.00 bits per heavy atom. The fourth-order valence-corrected chi connectivity index (χ4v) is 3.96. The predicted octanol–water partition coefficient (Wildman–Crippen LogP) is 0.889. The van der Waals surface area contributed by atoms with Crippen molar-refractivity contribution in [3.63, 3.8) is 0 Å². The summed E-state index contributed by atoms with van der Waals surface area (Å²) in [5.41, 5.74) is 0. The number of likely N-dealkylation sites (N-methyl/N-ethyl adjacent to an activating group) is 1. The first-order chi connectivity index (χ1) is 9.23. The quantitative estimate of drug-likeness (QED) is 0.660. The third-order valence-corrected chi connectivity index (χ3v) is 5.15. The number of hydrogen-bond acceptors (Lipinski definition) is 4. The van der Waals surface area contributed by atoms with Crippen LogP contribution >= 0.6 is 0 Å². The molecular weight excluding hydrogens is 280 g/mol. The Morgan fingerprint density at radius 3 is 2.45 bits per heavy atom. The number of carboxylic acid groups (broad SMARTS) is 1. The Labute approximate surface area is 121 Å². The van der Waals surface area contributed by atoms with Gasteiger partial charge in [0.05, 0.1) is 12.3 Å². The number of nitrogens with zero attached hydrogens (tertiary/aromatic N) is 1. The molecule has 0 bridgehead atoms. The summed E-state index contributed by atoms with van der Waals surface area (Å²) in [5.74, 6) is -0.307. The molecule has 6 nitrogen and oxygen atoms in total. The van der Waals surface area contributed by atoms with Gasteiger partial charge in [-0.2, -0.15) is 0 Å². The second-order valence-corrected chi connectivity index (χ2v) is 7.77. The first-order valence-electron chi connectivity index (χ1n) is 7.19. The number of carbonyl (C=O) groups is 1. The van der Waals surface area contributed by atoms with Gasteiger partial charge in [-0.05, 0) is 31.7 Å². The lowest BCUT2D eigenvalue weighted by Crippen LogP contribution is -2.55. The predicted molar refractivity (Wildman–Crippen MR) is 78.1 cm³/mol. The number of sulfonamides is 1. The highest BCUT2D eigenvalue weighted by atomic mass is 32.2. The summed E-state index contributed by atoms with van der Waals surface area (Å²) in [6, 6.07) is 0.133. The molecule has 1 saturated carbocycles. The molecule has 0 unspecified atom stereocenters. The van der Waals surface area contributed by atoms with Gasteiger partial charge in [-0.3, -0.25) is 9.69 Å². The molecule has 20 heavy (non-hydrogen) atoms. The average molecular weight is 306 g/mol. The van der Waals surface area contributed by atoms with Gasteiger partial charge in [0.25, 0.3) is 0 Å². The molecule has 0 saturated heterocycles. The zero-order valence-electron chi connectivity index (χ0n) is 12.5. The smallest absolute Gasteiger partial charge is 0.317 e. The summed E-state index contributed by atoms with van der Waals surface area (Å²) in [4.78, 5) is 12.6. The molecule has 118 valence electrons. The highest BCUT2D eigenvalue weighted by molar-refractivity contribution is 7.89. The van der Waals surface area contributed by atoms with E-state index < -0.39 is 16.0 Å². The molecule has 0 radical (unpaired) electrons. The van der Waals surface area contributed by atoms with Crippen molar-refractivity contribution in [3.05, 3.63) is 0 Å². The maximum Gasteiger partial charge on any atom is 0.317 e. The fraction of sp³-hybridized carbons (Fsp3) is 0.923. The number of nitrogens with one attached hydrogen (secondary N) is 1. The number of rotatable bonds is 9. The van der Waals surface area contributed by atoms with Crippen molar-refractivity contribution in [2.45, 2.75) is 52.1 Å². The largest absolute Gasteiger partial charge is 0.480 e. The molecule has 7 heteroatoms. The van der Waals surface area contributed by atoms with Gasteiger partial charge < -0.3 is 5.11 Å². The zero-order valence-corrected chi connectivity index (χ0v) is 13.3. The van der Waals surface area contributed by atoms with Crippen LogP contribution in [-0.4, -0.2) is 55.3 Å². The second kappa shape index (κ2) is 7.38. The van der Waals surface area contributed by atoms with E-state index >= 15 is 0 Å². The molecule has 1 fully saturated rings. The highest BCUT2D eigenvalue weighted by Crippen LogP contribution is 2.26. The molecule has 0 aromatic heterocycles. The van der Waals surface area contributed by atoms with E-state index in [9.17, 15) is 13.2 Å². The Morgan fingerprint density at radius 1 is 1.40 bits per heavy atom. The van der Waals surface area contributed by atoms with Crippen LogP contribution in [0.3, 0.4) is 0 Å². The van der Waals surface area contributed by atoms with E-state index in [1.807, 2.05) is 25.7 Å². The average Bonchev–Trinajstić information content (AvgIpc) is 2.28. The first-order valence-corrected chi connectivity index (χ1v) is 8.84. The summed E-state index contributed by atoms with van der Waals surface area (Å²) in [5, 5.41) is 8.80. The van der Waals surface area contributed by atoms with Crippen LogP contribution in [0.4, 0.5) is 0 Å². The lowest BCUT2D eigenvalue weighted by atomic mass is 9.86. The van der Waals surface area contributed by atoms with Crippen LogP contribution in [0.5, 0.6) is 0 Å². The maximum absolute atomic E-state index is 11.8. The van der Waals surface area contributed by atoms with Crippen molar-refractivity contribution in [3.8, 4) is 0 Å². The lowest BCUT2D eigenvalue weighted by Gasteiger charge is -2.42. The van der Waals surface area contributed by atoms with Gasteiger partial charge in [0.15, 0.2) is 0 Å². The van der Waals surface area contributed by atoms with Crippen molar-refractivity contribution in [1.82, 2.24) is 9.62 Å². The Balaban J connectivity index is 2.35. The van der Waals surface area contributed by atoms with Crippen LogP contribution in [0, 0.1) is 5.92 Å². The molecular formula is C13H26N2O4S. The van der Waals surface area contributed by atoms with Gasteiger partial charge >= 0.3 is 5.97 Å². The minimum Gasteiger partial charge on any atom is -0.480 e. The molecule has 0 amide bonds. The van der Waals surface area contributed by atoms with Gasteiger partial charge in [0, 0.05) is 12.1 Å². The SMILES string of the molecule is CCN(CC(=O)O)C1CC(NS(=O)(=O)CCC(C)C)C1. The number of aliphatic carboxylic acids is 1.